The highest BCUT2D eigenvalue weighted by atomic mass is 19.1. The molecule has 26 heavy (non-hydrogen) atoms. The summed E-state index contributed by atoms with van der Waals surface area (Å²) in [7, 11) is 1.52. The number of aryl methyl sites for hydroxylation is 2. The minimum absolute atomic E-state index is 0.0527. The van der Waals surface area contributed by atoms with Crippen LogP contribution < -0.4 is 10.1 Å². The van der Waals surface area contributed by atoms with Gasteiger partial charge in [0.15, 0.2) is 0 Å². The number of H-pyrrole nitrogens is 1. The van der Waals surface area contributed by atoms with E-state index < -0.39 is 0 Å². The van der Waals surface area contributed by atoms with Crippen LogP contribution in [0.25, 0.3) is 10.9 Å². The lowest BCUT2D eigenvalue weighted by Crippen LogP contribution is -2.31. The van der Waals surface area contributed by atoms with Gasteiger partial charge in [-0.1, -0.05) is 0 Å². The van der Waals surface area contributed by atoms with Crippen LogP contribution in [0.4, 0.5) is 4.39 Å². The Morgan fingerprint density at radius 3 is 3.15 bits per heavy atom. The van der Waals surface area contributed by atoms with Gasteiger partial charge in [0.1, 0.15) is 11.6 Å². The Morgan fingerprint density at radius 2 is 2.35 bits per heavy atom. The number of amides is 1. The van der Waals surface area contributed by atoms with Gasteiger partial charge in [0.25, 0.3) is 5.88 Å². The SMILES string of the molecule is COc1cc(CCC(=O)NC2CCCc3c2[nH]c2ccc(F)cc32)on1. The van der Waals surface area contributed by atoms with Crippen molar-refractivity contribution in [2.24, 2.45) is 0 Å². The number of ether oxygens (including phenoxy) is 1. The standard InChI is InChI=1S/C19H20FN3O3/c1-25-18-10-12(26-23-18)6-8-17(24)21-16-4-2-3-13-14-9-11(20)5-7-15(14)22-19(13)16/h5,7,9-10,16,22H,2-4,6,8H2,1H3,(H,21,24). The number of benzene rings is 1. The van der Waals surface area contributed by atoms with Crippen molar-refractivity contribution in [3.05, 3.63) is 47.1 Å². The van der Waals surface area contributed by atoms with E-state index in [4.69, 9.17) is 9.26 Å². The minimum atomic E-state index is -0.243. The summed E-state index contributed by atoms with van der Waals surface area (Å²) >= 11 is 0. The van der Waals surface area contributed by atoms with E-state index in [2.05, 4.69) is 15.5 Å². The zero-order chi connectivity index (χ0) is 18.1. The lowest BCUT2D eigenvalue weighted by Gasteiger charge is -2.23. The average molecular weight is 357 g/mol. The van der Waals surface area contributed by atoms with Gasteiger partial charge >= 0.3 is 0 Å². The average Bonchev–Trinajstić information content (AvgIpc) is 3.25. The van der Waals surface area contributed by atoms with Crippen molar-refractivity contribution >= 4 is 16.8 Å². The summed E-state index contributed by atoms with van der Waals surface area (Å²) < 4.78 is 23.6. The first-order valence-electron chi connectivity index (χ1n) is 8.73. The summed E-state index contributed by atoms with van der Waals surface area (Å²) in [4.78, 5) is 15.7. The van der Waals surface area contributed by atoms with Gasteiger partial charge in [-0.05, 0) is 48.2 Å². The van der Waals surface area contributed by atoms with Crippen LogP contribution in [0.1, 0.15) is 42.3 Å². The van der Waals surface area contributed by atoms with E-state index >= 15 is 0 Å². The number of fused-ring (bicyclic) bond motifs is 3. The van der Waals surface area contributed by atoms with Gasteiger partial charge in [-0.25, -0.2) is 4.39 Å². The van der Waals surface area contributed by atoms with Gasteiger partial charge in [0.05, 0.1) is 13.2 Å². The van der Waals surface area contributed by atoms with Crippen LogP contribution in [-0.4, -0.2) is 23.2 Å². The fourth-order valence-electron chi connectivity index (χ4n) is 3.59. The van der Waals surface area contributed by atoms with Gasteiger partial charge in [-0.15, -0.1) is 0 Å². The molecule has 0 radical (unpaired) electrons. The van der Waals surface area contributed by atoms with Gasteiger partial charge < -0.3 is 19.6 Å². The lowest BCUT2D eigenvalue weighted by atomic mass is 9.91. The number of rotatable bonds is 5. The van der Waals surface area contributed by atoms with Crippen LogP contribution in [-0.2, 0) is 17.6 Å². The molecule has 0 aliphatic heterocycles. The molecular formula is C19H20FN3O3. The monoisotopic (exact) mass is 357 g/mol. The van der Waals surface area contributed by atoms with Crippen molar-refractivity contribution in [2.45, 2.75) is 38.1 Å². The van der Waals surface area contributed by atoms with E-state index in [1.54, 1.807) is 18.2 Å². The summed E-state index contributed by atoms with van der Waals surface area (Å²) in [6.07, 6.45) is 3.48. The second-order valence-corrected chi connectivity index (χ2v) is 6.56. The highest BCUT2D eigenvalue weighted by molar-refractivity contribution is 5.85. The summed E-state index contributed by atoms with van der Waals surface area (Å²) in [5.41, 5.74) is 3.01. The quantitative estimate of drug-likeness (QED) is 0.733. The summed E-state index contributed by atoms with van der Waals surface area (Å²) in [5, 5.41) is 7.72. The molecule has 136 valence electrons. The van der Waals surface area contributed by atoms with Crippen LogP contribution in [0.15, 0.2) is 28.8 Å². The number of methoxy groups -OCH3 is 1. The maximum Gasteiger partial charge on any atom is 0.254 e. The number of carbonyl (C=O) groups is 1. The Hall–Kier alpha value is -2.83. The third-order valence-corrected chi connectivity index (χ3v) is 4.85. The second kappa shape index (κ2) is 6.82. The Balaban J connectivity index is 1.46. The maximum atomic E-state index is 13.6. The number of aromatic nitrogens is 2. The third-order valence-electron chi connectivity index (χ3n) is 4.85. The Kier molecular flexibility index (Phi) is 4.36. The van der Waals surface area contributed by atoms with Crippen LogP contribution in [0.5, 0.6) is 5.88 Å². The van der Waals surface area contributed by atoms with Crippen LogP contribution in [0, 0.1) is 5.82 Å². The van der Waals surface area contributed by atoms with Crippen molar-refractivity contribution in [3.63, 3.8) is 0 Å². The van der Waals surface area contributed by atoms with Gasteiger partial charge in [0.2, 0.25) is 5.91 Å². The van der Waals surface area contributed by atoms with Crippen LogP contribution in [0.3, 0.4) is 0 Å². The molecule has 4 rings (SSSR count). The molecule has 1 aliphatic carbocycles. The van der Waals surface area contributed by atoms with E-state index in [1.165, 1.54) is 13.2 Å². The van der Waals surface area contributed by atoms with Crippen molar-refractivity contribution in [3.8, 4) is 5.88 Å². The van der Waals surface area contributed by atoms with E-state index in [0.29, 0.717) is 24.5 Å². The topological polar surface area (TPSA) is 80.1 Å². The van der Waals surface area contributed by atoms with E-state index in [1.807, 2.05) is 0 Å². The Labute approximate surface area is 149 Å². The molecule has 1 amide bonds. The Bertz CT molecular complexity index is 947. The number of nitrogens with one attached hydrogen (secondary N) is 2. The molecular weight excluding hydrogens is 337 g/mol. The summed E-state index contributed by atoms with van der Waals surface area (Å²) in [6.45, 7) is 0. The predicted molar refractivity (Wildman–Crippen MR) is 93.5 cm³/mol. The molecule has 2 N–H and O–H groups in total. The fourth-order valence-corrected chi connectivity index (χ4v) is 3.59. The molecule has 0 bridgehead atoms. The van der Waals surface area contributed by atoms with Crippen molar-refractivity contribution in [2.75, 3.05) is 7.11 Å². The van der Waals surface area contributed by atoms with Crippen molar-refractivity contribution < 1.29 is 18.4 Å². The highest BCUT2D eigenvalue weighted by Gasteiger charge is 2.25. The molecule has 0 fully saturated rings. The number of hydrogen-bond donors (Lipinski definition) is 2. The van der Waals surface area contributed by atoms with Crippen molar-refractivity contribution in [1.29, 1.82) is 0 Å². The third kappa shape index (κ3) is 3.16. The van der Waals surface area contributed by atoms with Gasteiger partial charge in [-0.3, -0.25) is 4.79 Å². The minimum Gasteiger partial charge on any atom is -0.479 e. The van der Waals surface area contributed by atoms with E-state index in [-0.39, 0.29) is 17.8 Å². The number of hydrogen-bond acceptors (Lipinski definition) is 4. The van der Waals surface area contributed by atoms with Gasteiger partial charge in [-0.2, -0.15) is 0 Å². The molecule has 1 unspecified atom stereocenters. The van der Waals surface area contributed by atoms with Crippen LogP contribution in [0.2, 0.25) is 0 Å². The fraction of sp³-hybridized carbons (Fsp3) is 0.368. The first-order chi connectivity index (χ1) is 12.6. The smallest absolute Gasteiger partial charge is 0.254 e. The summed E-state index contributed by atoms with van der Waals surface area (Å²) in [5.74, 6) is 0.723. The molecule has 3 aromatic rings. The second-order valence-electron chi connectivity index (χ2n) is 6.56. The maximum absolute atomic E-state index is 13.6. The zero-order valence-electron chi connectivity index (χ0n) is 14.5. The van der Waals surface area contributed by atoms with Crippen LogP contribution >= 0.6 is 0 Å². The predicted octanol–water partition coefficient (Wildman–Crippen LogP) is 3.43. The molecule has 0 spiro atoms. The van der Waals surface area contributed by atoms with E-state index in [9.17, 15) is 9.18 Å². The van der Waals surface area contributed by atoms with Gasteiger partial charge in [0, 0.05) is 35.5 Å². The molecule has 6 nitrogen and oxygen atoms in total. The normalized spacial score (nSPS) is 16.5. The molecule has 1 aliphatic rings. The zero-order valence-corrected chi connectivity index (χ0v) is 14.5. The number of carbonyl (C=O) groups excluding carboxylic acids is 1. The highest BCUT2D eigenvalue weighted by Crippen LogP contribution is 2.35. The Morgan fingerprint density at radius 1 is 1.46 bits per heavy atom. The largest absolute Gasteiger partial charge is 0.479 e. The molecule has 1 atom stereocenters. The molecule has 0 saturated heterocycles. The van der Waals surface area contributed by atoms with E-state index in [0.717, 1.165) is 41.4 Å². The molecule has 1 aromatic carbocycles. The number of halogens is 1. The number of aromatic amines is 1. The molecule has 2 aromatic heterocycles. The van der Waals surface area contributed by atoms with Crippen molar-refractivity contribution in [1.82, 2.24) is 15.5 Å². The first kappa shape index (κ1) is 16.6. The summed E-state index contributed by atoms with van der Waals surface area (Å²) in [6, 6.07) is 6.36. The molecule has 2 heterocycles. The lowest BCUT2D eigenvalue weighted by molar-refractivity contribution is -0.122. The molecule has 7 heteroatoms. The number of nitrogens with zero attached hydrogens (tertiary/aromatic N) is 1. The molecule has 0 saturated carbocycles. The first-order valence-corrected chi connectivity index (χ1v) is 8.73.